The zero-order valence-electron chi connectivity index (χ0n) is 39.4. The number of hydrogen-bond donors (Lipinski definition) is 0. The number of hydrogen-bond acceptors (Lipinski definition) is 6. The van der Waals surface area contributed by atoms with Crippen molar-refractivity contribution in [1.82, 2.24) is 15.0 Å². The summed E-state index contributed by atoms with van der Waals surface area (Å²) in [5, 5.41) is 8.68. The molecule has 0 saturated heterocycles. The van der Waals surface area contributed by atoms with Crippen molar-refractivity contribution in [3.8, 4) is 67.5 Å². The van der Waals surface area contributed by atoms with Crippen LogP contribution in [-0.2, 0) is 5.41 Å². The predicted octanol–water partition coefficient (Wildman–Crippen LogP) is 17.7. The second kappa shape index (κ2) is 14.6. The number of rotatable bonds is 4. The molecule has 2 aliphatic carbocycles. The maximum absolute atomic E-state index is 7.06. The van der Waals surface area contributed by atoms with E-state index in [1.54, 1.807) is 0 Å². The Morgan fingerprint density at radius 3 is 1.62 bits per heavy atom. The third-order valence-electron chi connectivity index (χ3n) is 15.9. The Balaban J connectivity index is 0.870. The Morgan fingerprint density at radius 1 is 0.270 bits per heavy atom. The Labute approximate surface area is 422 Å². The van der Waals surface area contributed by atoms with E-state index in [9.17, 15) is 0 Å². The van der Waals surface area contributed by atoms with Crippen molar-refractivity contribution in [3.63, 3.8) is 0 Å². The molecule has 342 valence electrons. The van der Waals surface area contributed by atoms with Gasteiger partial charge in [0.2, 0.25) is 0 Å². The van der Waals surface area contributed by atoms with Crippen molar-refractivity contribution in [1.29, 1.82) is 0 Å². The van der Waals surface area contributed by atoms with Gasteiger partial charge in [-0.2, -0.15) is 0 Å². The van der Waals surface area contributed by atoms with Crippen molar-refractivity contribution in [2.45, 2.75) is 5.41 Å². The minimum Gasteiger partial charge on any atom is -0.456 e. The molecule has 4 aromatic heterocycles. The highest BCUT2D eigenvalue weighted by Gasteiger charge is 2.53. The highest BCUT2D eigenvalue weighted by Crippen LogP contribution is 2.65. The lowest BCUT2D eigenvalue weighted by Gasteiger charge is -2.31. The fraction of sp³-hybridized carbons (Fsp3) is 0.0147. The summed E-state index contributed by atoms with van der Waals surface area (Å²) in [6, 6.07) is 79.5. The van der Waals surface area contributed by atoms with Crippen LogP contribution in [0.4, 0.5) is 0 Å². The van der Waals surface area contributed by atoms with E-state index < -0.39 is 5.41 Å². The molecule has 0 saturated carbocycles. The zero-order chi connectivity index (χ0) is 48.2. The monoisotopic (exact) mass is 943 g/mol. The highest BCUT2D eigenvalue weighted by atomic mass is 16.3. The third kappa shape index (κ3) is 5.35. The van der Waals surface area contributed by atoms with Crippen molar-refractivity contribution in [2.24, 2.45) is 0 Å². The van der Waals surface area contributed by atoms with Crippen LogP contribution in [-0.4, -0.2) is 15.0 Å². The molecule has 74 heavy (non-hydrogen) atoms. The molecule has 4 heterocycles. The average Bonchev–Trinajstić information content (AvgIpc) is 4.30. The lowest BCUT2D eigenvalue weighted by molar-refractivity contribution is 0.666. The first-order valence-electron chi connectivity index (χ1n) is 25.1. The first kappa shape index (κ1) is 39.8. The van der Waals surface area contributed by atoms with Crippen LogP contribution >= 0.6 is 0 Å². The van der Waals surface area contributed by atoms with E-state index in [-0.39, 0.29) is 0 Å². The molecule has 0 radical (unpaired) electrons. The Hall–Kier alpha value is -9.91. The van der Waals surface area contributed by atoms with E-state index in [2.05, 4.69) is 164 Å². The van der Waals surface area contributed by atoms with Gasteiger partial charge in [-0.1, -0.05) is 158 Å². The van der Waals surface area contributed by atoms with Crippen LogP contribution in [0.5, 0.6) is 0 Å². The van der Waals surface area contributed by atoms with Crippen LogP contribution in [0.15, 0.2) is 238 Å². The summed E-state index contributed by atoms with van der Waals surface area (Å²) in [5.41, 5.74) is 19.1. The van der Waals surface area contributed by atoms with E-state index in [4.69, 9.17) is 28.2 Å². The normalized spacial score (nSPS) is 13.2. The summed E-state index contributed by atoms with van der Waals surface area (Å²) in [6.45, 7) is 0. The summed E-state index contributed by atoms with van der Waals surface area (Å²) in [5.74, 6) is 1.74. The van der Waals surface area contributed by atoms with Gasteiger partial charge in [-0.15, -0.1) is 0 Å². The molecule has 1 spiro atoms. The molecule has 2 aliphatic rings. The van der Waals surface area contributed by atoms with Gasteiger partial charge in [-0.3, -0.25) is 0 Å². The van der Waals surface area contributed by atoms with E-state index in [0.29, 0.717) is 17.5 Å². The Morgan fingerprint density at radius 2 is 0.838 bits per heavy atom. The maximum atomic E-state index is 7.06. The van der Waals surface area contributed by atoms with Gasteiger partial charge in [-0.05, 0) is 133 Å². The molecule has 17 rings (SSSR count). The number of aromatic nitrogens is 3. The lowest BCUT2D eigenvalue weighted by atomic mass is 9.69. The van der Waals surface area contributed by atoms with Crippen LogP contribution in [0.1, 0.15) is 22.3 Å². The quantitative estimate of drug-likeness (QED) is 0.175. The molecule has 0 N–H and O–H groups in total. The average molecular weight is 944 g/mol. The largest absolute Gasteiger partial charge is 0.456 e. The number of nitrogens with zero attached hydrogens (tertiary/aromatic N) is 3. The number of furan rings is 3. The predicted molar refractivity (Wildman–Crippen MR) is 297 cm³/mol. The first-order valence-corrected chi connectivity index (χ1v) is 25.1. The van der Waals surface area contributed by atoms with Gasteiger partial charge in [0.05, 0.1) is 5.41 Å². The van der Waals surface area contributed by atoms with Crippen LogP contribution in [0.2, 0.25) is 0 Å². The summed E-state index contributed by atoms with van der Waals surface area (Å²) in [7, 11) is 0. The van der Waals surface area contributed by atoms with Crippen molar-refractivity contribution >= 4 is 76.6 Å². The second-order valence-corrected chi connectivity index (χ2v) is 19.7. The van der Waals surface area contributed by atoms with Gasteiger partial charge in [-0.25, -0.2) is 15.0 Å². The molecule has 0 bridgehead atoms. The van der Waals surface area contributed by atoms with Crippen molar-refractivity contribution in [2.75, 3.05) is 0 Å². The number of fused-ring (bicyclic) bond motifs is 21. The van der Waals surface area contributed by atoms with Crippen molar-refractivity contribution < 1.29 is 13.3 Å². The van der Waals surface area contributed by atoms with Gasteiger partial charge in [0.25, 0.3) is 0 Å². The zero-order valence-corrected chi connectivity index (χ0v) is 39.4. The molecule has 0 fully saturated rings. The molecule has 0 atom stereocenters. The molecule has 0 unspecified atom stereocenters. The summed E-state index contributed by atoms with van der Waals surface area (Å²) < 4.78 is 20.1. The Bertz CT molecular complexity index is 4880. The van der Waals surface area contributed by atoms with Gasteiger partial charge < -0.3 is 13.3 Å². The SMILES string of the molecule is c1ccc(-c2nc(-c3ccc4c(c3)oc3ccccc34)nc(-c3cc(-c4ccc5c(c4)oc4ccc6c(c45)C4(c5ccccc5-c5ccccc54)c4cc5oc7ccccc7c5cc4-6)cc4ccccc34)n2)cc1. The molecule has 6 heteroatoms. The highest BCUT2D eigenvalue weighted by molar-refractivity contribution is 6.16. The maximum Gasteiger partial charge on any atom is 0.164 e. The summed E-state index contributed by atoms with van der Waals surface area (Å²) in [4.78, 5) is 15.6. The topological polar surface area (TPSA) is 78.1 Å². The van der Waals surface area contributed by atoms with E-state index >= 15 is 0 Å². The van der Waals surface area contributed by atoms with Gasteiger partial charge in [0.15, 0.2) is 17.5 Å². The minimum absolute atomic E-state index is 0.566. The molecular formula is C68H37N3O3. The molecule has 6 nitrogen and oxygen atoms in total. The second-order valence-electron chi connectivity index (χ2n) is 19.7. The van der Waals surface area contributed by atoms with E-state index in [1.807, 2.05) is 60.7 Å². The molecular weight excluding hydrogens is 907 g/mol. The van der Waals surface area contributed by atoms with Gasteiger partial charge in [0.1, 0.15) is 33.5 Å². The van der Waals surface area contributed by atoms with Crippen LogP contribution < -0.4 is 0 Å². The van der Waals surface area contributed by atoms with E-state index in [0.717, 1.165) is 104 Å². The number of benzene rings is 11. The summed E-state index contributed by atoms with van der Waals surface area (Å²) in [6.07, 6.45) is 0. The molecule has 0 amide bonds. The van der Waals surface area contributed by atoms with Crippen LogP contribution in [0, 0.1) is 0 Å². The molecule has 11 aromatic carbocycles. The smallest absolute Gasteiger partial charge is 0.164 e. The van der Waals surface area contributed by atoms with Crippen LogP contribution in [0.25, 0.3) is 144 Å². The van der Waals surface area contributed by atoms with Gasteiger partial charge >= 0.3 is 0 Å². The first-order chi connectivity index (χ1) is 36.6. The minimum atomic E-state index is -0.618. The fourth-order valence-electron chi connectivity index (χ4n) is 12.8. The third-order valence-corrected chi connectivity index (χ3v) is 15.9. The van der Waals surface area contributed by atoms with Crippen molar-refractivity contribution in [3.05, 3.63) is 247 Å². The fourth-order valence-corrected chi connectivity index (χ4v) is 12.8. The number of para-hydroxylation sites is 2. The Kier molecular flexibility index (Phi) is 7.84. The standard InChI is InChI=1S/C68H37N3O3/c1-2-14-38(15-3-1)65-69-66(41-27-28-48-46-20-8-12-24-57(46)72-60(48)35-41)71-67(70-65)53-33-42(32-40-16-4-5-17-43(40)53)39-26-29-50-61(34-39)74-59-31-30-49-51-36-52-47-21-9-13-25-58(47)73-62(52)37-56(51)68(64(49)63(50)59)54-22-10-6-18-44(54)45-19-7-11-23-55(45)68/h1-37H. The summed E-state index contributed by atoms with van der Waals surface area (Å²) >= 11 is 0. The molecule has 0 aliphatic heterocycles. The van der Waals surface area contributed by atoms with Crippen LogP contribution in [0.3, 0.4) is 0 Å². The lowest BCUT2D eigenvalue weighted by Crippen LogP contribution is -2.26. The molecule has 15 aromatic rings. The van der Waals surface area contributed by atoms with E-state index in [1.165, 1.54) is 44.5 Å². The van der Waals surface area contributed by atoms with Gasteiger partial charge in [0, 0.05) is 49.0 Å².